The first kappa shape index (κ1) is 20.3. The number of hydrogen-bond donors (Lipinski definition) is 2. The molecular weight excluding hydrogens is 428 g/mol. The molecule has 2 amide bonds. The van der Waals surface area contributed by atoms with Crippen LogP contribution in [0.4, 0.5) is 0 Å². The van der Waals surface area contributed by atoms with Crippen molar-refractivity contribution in [2.45, 2.75) is 46.9 Å². The SMILES string of the molecule is CSC12CC3C(=O)C=C[C@@H](O)[C@@H]3N1C(=O)C1(SC)CC3C(=O)C=C[C@@H](O)[C@@H]3N1C2=O. The van der Waals surface area contributed by atoms with Crippen LogP contribution < -0.4 is 0 Å². The zero-order valence-electron chi connectivity index (χ0n) is 16.4. The van der Waals surface area contributed by atoms with E-state index in [1.807, 2.05) is 0 Å². The van der Waals surface area contributed by atoms with Crippen LogP contribution in [0, 0.1) is 11.8 Å². The summed E-state index contributed by atoms with van der Waals surface area (Å²) in [7, 11) is 0. The van der Waals surface area contributed by atoms with Gasteiger partial charge in [0.1, 0.15) is 0 Å². The molecule has 8 atom stereocenters. The maximum absolute atomic E-state index is 14.1. The van der Waals surface area contributed by atoms with Crippen molar-refractivity contribution in [1.82, 2.24) is 9.80 Å². The molecule has 2 aliphatic carbocycles. The van der Waals surface area contributed by atoms with E-state index in [1.165, 1.54) is 57.6 Å². The number of carbonyl (C=O) groups is 4. The highest BCUT2D eigenvalue weighted by atomic mass is 32.2. The topological polar surface area (TPSA) is 115 Å². The molecular formula is C20H22N2O6S2. The maximum Gasteiger partial charge on any atom is 0.261 e. The number of hydrogen-bond acceptors (Lipinski definition) is 8. The predicted octanol–water partition coefficient (Wildman–Crippen LogP) is -0.448. The molecule has 3 heterocycles. The van der Waals surface area contributed by atoms with Gasteiger partial charge in [-0.25, -0.2) is 0 Å². The number of rotatable bonds is 2. The minimum Gasteiger partial charge on any atom is -0.387 e. The molecule has 2 N–H and O–H groups in total. The van der Waals surface area contributed by atoms with Crippen LogP contribution in [0.15, 0.2) is 24.3 Å². The number of carbonyl (C=O) groups excluding carboxylic acids is 4. The van der Waals surface area contributed by atoms with Crippen molar-refractivity contribution >= 4 is 46.9 Å². The first-order valence-corrected chi connectivity index (χ1v) is 12.3. The van der Waals surface area contributed by atoms with Crippen LogP contribution in [0.25, 0.3) is 0 Å². The summed E-state index contributed by atoms with van der Waals surface area (Å²) in [4.78, 5) is 53.4. The summed E-state index contributed by atoms with van der Waals surface area (Å²) in [5.41, 5.74) is 0. The number of amides is 2. The van der Waals surface area contributed by atoms with Gasteiger partial charge in [0.25, 0.3) is 11.8 Å². The molecule has 5 rings (SSSR count). The van der Waals surface area contributed by atoms with E-state index in [2.05, 4.69) is 0 Å². The molecule has 160 valence electrons. The van der Waals surface area contributed by atoms with Crippen LogP contribution in [0.1, 0.15) is 12.8 Å². The van der Waals surface area contributed by atoms with Crippen LogP contribution in [0.3, 0.4) is 0 Å². The van der Waals surface area contributed by atoms with Crippen molar-refractivity contribution in [3.63, 3.8) is 0 Å². The number of allylic oxidation sites excluding steroid dienone is 2. The molecule has 0 aromatic rings. The Balaban J connectivity index is 1.70. The maximum atomic E-state index is 14.1. The molecule has 0 bridgehead atoms. The third kappa shape index (κ3) is 2.18. The highest BCUT2D eigenvalue weighted by molar-refractivity contribution is 8.01. The standard InChI is InChI=1S/C20H22N2O6S2/c1-29-19-7-9-11(23)3-5-13(25)15(9)21(19)18(28)20(30-2)8-10-12(24)4-6-14(26)16(10)22(20)17(19)27/h3-6,9-10,13-16,25-26H,7-8H2,1-2H3/t9?,10?,13-,14-,15-,16-,19?,20?/m1/s1. The molecule has 3 aliphatic heterocycles. The minimum atomic E-state index is -1.35. The van der Waals surface area contributed by atoms with Crippen LogP contribution in [-0.2, 0) is 19.2 Å². The van der Waals surface area contributed by atoms with E-state index in [9.17, 15) is 29.4 Å². The lowest BCUT2D eigenvalue weighted by atomic mass is 9.85. The Morgan fingerprint density at radius 1 is 0.800 bits per heavy atom. The smallest absolute Gasteiger partial charge is 0.261 e. The molecule has 3 saturated heterocycles. The quantitative estimate of drug-likeness (QED) is 0.582. The van der Waals surface area contributed by atoms with Gasteiger partial charge >= 0.3 is 0 Å². The Labute approximate surface area is 181 Å². The fourth-order valence-electron chi connectivity index (χ4n) is 5.95. The van der Waals surface area contributed by atoms with E-state index >= 15 is 0 Å². The third-order valence-corrected chi connectivity index (χ3v) is 9.75. The molecule has 0 aromatic heterocycles. The summed E-state index contributed by atoms with van der Waals surface area (Å²) in [5, 5.41) is 21.3. The number of ketones is 2. The average Bonchev–Trinajstić information content (AvgIpc) is 3.29. The summed E-state index contributed by atoms with van der Waals surface area (Å²) in [6.07, 6.45) is 6.91. The van der Waals surface area contributed by atoms with Gasteiger partial charge in [0.2, 0.25) is 0 Å². The van der Waals surface area contributed by atoms with Crippen molar-refractivity contribution in [3.05, 3.63) is 24.3 Å². The van der Waals surface area contributed by atoms with E-state index in [0.717, 1.165) is 0 Å². The van der Waals surface area contributed by atoms with Gasteiger partial charge in [0.05, 0.1) is 24.3 Å². The number of fused-ring (bicyclic) bond motifs is 6. The zero-order valence-corrected chi connectivity index (χ0v) is 18.1. The van der Waals surface area contributed by atoms with Crippen LogP contribution in [0.5, 0.6) is 0 Å². The summed E-state index contributed by atoms with van der Waals surface area (Å²) in [6.45, 7) is 0. The van der Waals surface area contributed by atoms with Crippen molar-refractivity contribution in [3.8, 4) is 0 Å². The molecule has 10 heteroatoms. The minimum absolute atomic E-state index is 0.0991. The van der Waals surface area contributed by atoms with E-state index in [4.69, 9.17) is 0 Å². The predicted molar refractivity (Wildman–Crippen MR) is 110 cm³/mol. The summed E-state index contributed by atoms with van der Waals surface area (Å²) in [6, 6.07) is -1.64. The Morgan fingerprint density at radius 3 is 1.50 bits per heavy atom. The number of aliphatic hydroxyl groups excluding tert-OH is 2. The van der Waals surface area contributed by atoms with Gasteiger partial charge in [-0.2, -0.15) is 0 Å². The van der Waals surface area contributed by atoms with Gasteiger partial charge < -0.3 is 20.0 Å². The van der Waals surface area contributed by atoms with Gasteiger partial charge in [0, 0.05) is 24.7 Å². The highest BCUT2D eigenvalue weighted by Gasteiger charge is 2.74. The lowest BCUT2D eigenvalue weighted by Crippen LogP contribution is -2.74. The largest absolute Gasteiger partial charge is 0.387 e. The fraction of sp³-hybridized carbons (Fsp3) is 0.600. The zero-order chi connectivity index (χ0) is 21.6. The highest BCUT2D eigenvalue weighted by Crippen LogP contribution is 2.59. The molecule has 0 aromatic carbocycles. The van der Waals surface area contributed by atoms with Crippen LogP contribution in [-0.4, -0.2) is 89.9 Å². The molecule has 30 heavy (non-hydrogen) atoms. The molecule has 5 aliphatic rings. The molecule has 3 fully saturated rings. The van der Waals surface area contributed by atoms with Crippen molar-refractivity contribution in [2.24, 2.45) is 11.8 Å². The summed E-state index contributed by atoms with van der Waals surface area (Å²) in [5.74, 6) is -2.52. The second-order valence-corrected chi connectivity index (χ2v) is 10.6. The summed E-state index contributed by atoms with van der Waals surface area (Å²) < 4.78 is 0. The first-order chi connectivity index (χ1) is 14.2. The Bertz CT molecular complexity index is 862. The molecule has 0 spiro atoms. The van der Waals surface area contributed by atoms with Gasteiger partial charge in [-0.05, 0) is 24.7 Å². The number of piperazine rings is 1. The van der Waals surface area contributed by atoms with Crippen LogP contribution >= 0.6 is 23.5 Å². The Kier molecular flexibility index (Phi) is 4.36. The Morgan fingerprint density at radius 2 is 1.17 bits per heavy atom. The second-order valence-electron chi connectivity index (χ2n) is 8.43. The first-order valence-electron chi connectivity index (χ1n) is 9.81. The molecule has 0 saturated carbocycles. The number of aliphatic hydroxyl groups is 2. The van der Waals surface area contributed by atoms with Crippen molar-refractivity contribution in [2.75, 3.05) is 12.5 Å². The normalized spacial score (nSPS) is 46.8. The van der Waals surface area contributed by atoms with Crippen LogP contribution in [0.2, 0.25) is 0 Å². The van der Waals surface area contributed by atoms with Gasteiger partial charge in [-0.3, -0.25) is 19.2 Å². The van der Waals surface area contributed by atoms with Crippen molar-refractivity contribution < 1.29 is 29.4 Å². The third-order valence-electron chi connectivity index (χ3n) is 7.32. The molecule has 4 unspecified atom stereocenters. The Hall–Kier alpha value is -1.62. The number of nitrogens with zero attached hydrogens (tertiary/aromatic N) is 2. The second kappa shape index (κ2) is 6.44. The van der Waals surface area contributed by atoms with E-state index < -0.39 is 45.9 Å². The molecule has 0 radical (unpaired) electrons. The van der Waals surface area contributed by atoms with E-state index in [1.54, 1.807) is 12.5 Å². The van der Waals surface area contributed by atoms with Crippen molar-refractivity contribution in [1.29, 1.82) is 0 Å². The number of thioether (sulfide) groups is 2. The fourth-order valence-corrected chi connectivity index (χ4v) is 7.99. The monoisotopic (exact) mass is 450 g/mol. The lowest BCUT2D eigenvalue weighted by Gasteiger charge is -2.54. The van der Waals surface area contributed by atoms with Gasteiger partial charge in [-0.1, -0.05) is 12.2 Å². The van der Waals surface area contributed by atoms with E-state index in [0.29, 0.717) is 0 Å². The molecule has 8 nitrogen and oxygen atoms in total. The van der Waals surface area contributed by atoms with E-state index in [-0.39, 0.29) is 36.2 Å². The van der Waals surface area contributed by atoms with Gasteiger partial charge in [0.15, 0.2) is 21.3 Å². The summed E-state index contributed by atoms with van der Waals surface area (Å²) >= 11 is 2.35. The average molecular weight is 451 g/mol. The van der Waals surface area contributed by atoms with Gasteiger partial charge in [-0.15, -0.1) is 23.5 Å². The lowest BCUT2D eigenvalue weighted by molar-refractivity contribution is -0.168.